The Hall–Kier alpha value is -1.09. The third-order valence-corrected chi connectivity index (χ3v) is 5.45. The number of pyridine rings is 1. The first-order valence-corrected chi connectivity index (χ1v) is 8.42. The van der Waals surface area contributed by atoms with Gasteiger partial charge in [-0.3, -0.25) is 0 Å². The van der Waals surface area contributed by atoms with E-state index in [1.54, 1.807) is 0 Å². The van der Waals surface area contributed by atoms with Crippen molar-refractivity contribution in [3.05, 3.63) is 24.1 Å². The highest BCUT2D eigenvalue weighted by atomic mass is 32.2. The van der Waals surface area contributed by atoms with E-state index < -0.39 is 20.9 Å². The van der Waals surface area contributed by atoms with Crippen molar-refractivity contribution in [1.29, 1.82) is 0 Å². The molecule has 21 heavy (non-hydrogen) atoms. The maximum Gasteiger partial charge on any atom is 0.263 e. The second-order valence-corrected chi connectivity index (χ2v) is 7.19. The molecular formula is C13H21FN4O2S. The van der Waals surface area contributed by atoms with Crippen molar-refractivity contribution in [2.24, 2.45) is 11.7 Å². The molecule has 0 aromatic carbocycles. The van der Waals surface area contributed by atoms with Crippen molar-refractivity contribution in [3.8, 4) is 0 Å². The van der Waals surface area contributed by atoms with E-state index in [2.05, 4.69) is 16.8 Å². The summed E-state index contributed by atoms with van der Waals surface area (Å²) in [7, 11) is -3.85. The number of sulfonamides is 1. The highest BCUT2D eigenvalue weighted by Crippen LogP contribution is 2.18. The fraction of sp³-hybridized carbons (Fsp3) is 0.615. The Morgan fingerprint density at radius 3 is 2.62 bits per heavy atom. The molecular weight excluding hydrogens is 295 g/mol. The third kappa shape index (κ3) is 3.76. The molecule has 0 amide bonds. The summed E-state index contributed by atoms with van der Waals surface area (Å²) >= 11 is 0. The standard InChI is InChI=1S/C13H21FN4O2S/c1-11(9-15)10-17-5-7-18(8-6-17)21(19,20)13-12(14)3-2-4-16-13/h2-4,11H,5-10,15H2,1H3. The molecule has 2 rings (SSSR count). The van der Waals surface area contributed by atoms with Crippen LogP contribution in [0.25, 0.3) is 0 Å². The molecule has 1 aromatic rings. The van der Waals surface area contributed by atoms with Crippen molar-refractivity contribution >= 4 is 10.0 Å². The predicted molar refractivity (Wildman–Crippen MR) is 77.6 cm³/mol. The number of rotatable bonds is 5. The van der Waals surface area contributed by atoms with E-state index in [1.165, 1.54) is 16.6 Å². The summed E-state index contributed by atoms with van der Waals surface area (Å²) in [6, 6.07) is 2.49. The van der Waals surface area contributed by atoms with Gasteiger partial charge in [0.2, 0.25) is 5.03 Å². The Balaban J connectivity index is 2.03. The molecule has 8 heteroatoms. The van der Waals surface area contributed by atoms with Gasteiger partial charge in [0, 0.05) is 38.9 Å². The third-order valence-electron chi connectivity index (χ3n) is 3.61. The molecule has 1 aromatic heterocycles. The minimum atomic E-state index is -3.85. The summed E-state index contributed by atoms with van der Waals surface area (Å²) in [4.78, 5) is 5.85. The van der Waals surface area contributed by atoms with Crippen LogP contribution < -0.4 is 5.73 Å². The SMILES string of the molecule is CC(CN)CN1CCN(S(=O)(=O)c2ncccc2F)CC1. The Morgan fingerprint density at radius 1 is 1.38 bits per heavy atom. The fourth-order valence-corrected chi connectivity index (χ4v) is 3.75. The van der Waals surface area contributed by atoms with Crippen LogP contribution in [-0.4, -0.2) is 61.9 Å². The highest BCUT2D eigenvalue weighted by Gasteiger charge is 2.31. The van der Waals surface area contributed by atoms with Gasteiger partial charge in [-0.1, -0.05) is 6.92 Å². The van der Waals surface area contributed by atoms with Crippen molar-refractivity contribution in [2.75, 3.05) is 39.3 Å². The zero-order chi connectivity index (χ0) is 15.5. The minimum Gasteiger partial charge on any atom is -0.330 e. The highest BCUT2D eigenvalue weighted by molar-refractivity contribution is 7.89. The summed E-state index contributed by atoms with van der Waals surface area (Å²) in [5.41, 5.74) is 5.60. The molecule has 0 bridgehead atoms. The average Bonchev–Trinajstić information content (AvgIpc) is 2.48. The van der Waals surface area contributed by atoms with Crippen LogP contribution in [0.4, 0.5) is 4.39 Å². The zero-order valence-corrected chi connectivity index (χ0v) is 12.9. The molecule has 2 N–H and O–H groups in total. The molecule has 1 atom stereocenters. The summed E-state index contributed by atoms with van der Waals surface area (Å²) in [5, 5.41) is -0.492. The van der Waals surface area contributed by atoms with E-state index in [-0.39, 0.29) is 0 Å². The summed E-state index contributed by atoms with van der Waals surface area (Å²) in [6.45, 7) is 5.45. The van der Waals surface area contributed by atoms with Gasteiger partial charge in [-0.25, -0.2) is 17.8 Å². The summed E-state index contributed by atoms with van der Waals surface area (Å²) < 4.78 is 39.7. The van der Waals surface area contributed by atoms with Crippen molar-refractivity contribution in [3.63, 3.8) is 0 Å². The van der Waals surface area contributed by atoms with Gasteiger partial charge in [-0.2, -0.15) is 4.31 Å². The minimum absolute atomic E-state index is 0.343. The lowest BCUT2D eigenvalue weighted by molar-refractivity contribution is 0.169. The molecule has 6 nitrogen and oxygen atoms in total. The molecule has 1 fully saturated rings. The van der Waals surface area contributed by atoms with Gasteiger partial charge in [0.05, 0.1) is 0 Å². The lowest BCUT2D eigenvalue weighted by Gasteiger charge is -2.34. The van der Waals surface area contributed by atoms with Crippen molar-refractivity contribution in [2.45, 2.75) is 11.9 Å². The van der Waals surface area contributed by atoms with Gasteiger partial charge in [-0.05, 0) is 24.6 Å². The van der Waals surface area contributed by atoms with Gasteiger partial charge in [-0.15, -0.1) is 0 Å². The number of nitrogens with zero attached hydrogens (tertiary/aromatic N) is 3. The van der Waals surface area contributed by atoms with Crippen molar-refractivity contribution in [1.82, 2.24) is 14.2 Å². The zero-order valence-electron chi connectivity index (χ0n) is 12.1. The first kappa shape index (κ1) is 16.3. The maximum atomic E-state index is 13.6. The molecule has 1 aliphatic rings. The number of hydrogen-bond acceptors (Lipinski definition) is 5. The van der Waals surface area contributed by atoms with Crippen LogP contribution in [0.5, 0.6) is 0 Å². The lowest BCUT2D eigenvalue weighted by Crippen LogP contribution is -2.50. The molecule has 0 spiro atoms. The van der Waals surface area contributed by atoms with E-state index >= 15 is 0 Å². The number of piperazine rings is 1. The van der Waals surface area contributed by atoms with Gasteiger partial charge in [0.15, 0.2) is 5.82 Å². The average molecular weight is 316 g/mol. The lowest BCUT2D eigenvalue weighted by atomic mass is 10.1. The summed E-state index contributed by atoms with van der Waals surface area (Å²) in [5.74, 6) is -0.432. The van der Waals surface area contributed by atoms with Gasteiger partial charge < -0.3 is 10.6 Å². The van der Waals surface area contributed by atoms with Crippen LogP contribution in [-0.2, 0) is 10.0 Å². The molecule has 0 radical (unpaired) electrons. The molecule has 1 saturated heterocycles. The second-order valence-electron chi connectivity index (χ2n) is 5.34. The quantitative estimate of drug-likeness (QED) is 0.835. The van der Waals surface area contributed by atoms with E-state index in [0.717, 1.165) is 12.6 Å². The van der Waals surface area contributed by atoms with Crippen LogP contribution in [0, 0.1) is 11.7 Å². The van der Waals surface area contributed by atoms with E-state index in [9.17, 15) is 12.8 Å². The Labute approximate surface area is 124 Å². The smallest absolute Gasteiger partial charge is 0.263 e. The van der Waals surface area contributed by atoms with Crippen molar-refractivity contribution < 1.29 is 12.8 Å². The van der Waals surface area contributed by atoms with Gasteiger partial charge in [0.1, 0.15) is 0 Å². The molecule has 0 aliphatic carbocycles. The predicted octanol–water partition coefficient (Wildman–Crippen LogP) is 0.122. The second kappa shape index (κ2) is 6.78. The van der Waals surface area contributed by atoms with Crippen LogP contribution in [0.15, 0.2) is 23.4 Å². The van der Waals surface area contributed by atoms with E-state index in [4.69, 9.17) is 5.73 Å². The Morgan fingerprint density at radius 2 is 2.05 bits per heavy atom. The molecule has 1 aliphatic heterocycles. The molecule has 118 valence electrons. The normalized spacial score (nSPS) is 19.6. The first-order valence-electron chi connectivity index (χ1n) is 6.98. The Bertz CT molecular complexity index is 573. The number of aromatic nitrogens is 1. The van der Waals surface area contributed by atoms with Crippen LogP contribution >= 0.6 is 0 Å². The van der Waals surface area contributed by atoms with E-state index in [0.29, 0.717) is 38.6 Å². The van der Waals surface area contributed by atoms with E-state index in [1.807, 2.05) is 0 Å². The largest absolute Gasteiger partial charge is 0.330 e. The Kier molecular flexibility index (Phi) is 5.26. The van der Waals surface area contributed by atoms with Crippen LogP contribution in [0.2, 0.25) is 0 Å². The number of hydrogen-bond donors (Lipinski definition) is 1. The molecule has 2 heterocycles. The molecule has 0 saturated carbocycles. The van der Waals surface area contributed by atoms with Crippen LogP contribution in [0.3, 0.4) is 0 Å². The topological polar surface area (TPSA) is 79.5 Å². The fourth-order valence-electron chi connectivity index (χ4n) is 2.35. The van der Waals surface area contributed by atoms with Gasteiger partial charge >= 0.3 is 0 Å². The first-order chi connectivity index (χ1) is 9.95. The van der Waals surface area contributed by atoms with Gasteiger partial charge in [0.25, 0.3) is 10.0 Å². The number of nitrogens with two attached hydrogens (primary N) is 1. The maximum absolute atomic E-state index is 13.6. The van der Waals surface area contributed by atoms with Crippen LogP contribution in [0.1, 0.15) is 6.92 Å². The molecule has 1 unspecified atom stereocenters. The monoisotopic (exact) mass is 316 g/mol. The summed E-state index contributed by atoms with van der Waals surface area (Å²) in [6.07, 6.45) is 1.29. The number of halogens is 1.